The third kappa shape index (κ3) is 3.39. The van der Waals surface area contributed by atoms with Gasteiger partial charge in [0.05, 0.1) is 19.4 Å². The van der Waals surface area contributed by atoms with E-state index in [-0.39, 0.29) is 14.4 Å². The third-order valence-corrected chi connectivity index (χ3v) is 5.28. The summed E-state index contributed by atoms with van der Waals surface area (Å²) in [5.74, 6) is -0.880. The maximum atomic E-state index is 11.9. The molecule has 10 heteroatoms. The molecule has 0 aliphatic heterocycles. The van der Waals surface area contributed by atoms with Crippen molar-refractivity contribution in [3.8, 4) is 0 Å². The predicted octanol–water partition coefficient (Wildman–Crippen LogP) is -0.0829. The summed E-state index contributed by atoms with van der Waals surface area (Å²) in [6.07, 6.45) is 0. The normalized spacial score (nSPS) is 13.3. The highest BCUT2D eigenvalue weighted by Gasteiger charge is 2.28. The Bertz CT molecular complexity index is 542. The second-order valence-electron chi connectivity index (χ2n) is 3.22. The molecule has 0 spiro atoms. The lowest BCUT2D eigenvalue weighted by Crippen LogP contribution is -2.43. The van der Waals surface area contributed by atoms with Crippen LogP contribution in [0.4, 0.5) is 0 Å². The number of hydrogen-bond donors (Lipinski definition) is 2. The Hall–Kier alpha value is -0.740. The zero-order valence-corrected chi connectivity index (χ0v) is 11.9. The molecule has 0 fully saturated rings. The van der Waals surface area contributed by atoms with Gasteiger partial charge in [0, 0.05) is 0 Å². The third-order valence-electron chi connectivity index (χ3n) is 1.94. The van der Waals surface area contributed by atoms with Gasteiger partial charge in [0.2, 0.25) is 0 Å². The van der Waals surface area contributed by atoms with Gasteiger partial charge < -0.3 is 9.84 Å². The second kappa shape index (κ2) is 5.93. The van der Waals surface area contributed by atoms with Gasteiger partial charge in [-0.15, -0.1) is 0 Å². The number of carbonyl (C=O) groups excluding carboxylic acids is 1. The fraction of sp³-hybridized carbons (Fsp3) is 0.500. The van der Waals surface area contributed by atoms with Crippen LogP contribution in [-0.2, 0) is 19.6 Å². The summed E-state index contributed by atoms with van der Waals surface area (Å²) in [5, 5.41) is 8.95. The molecule has 0 aromatic carbocycles. The number of aryl methyl sites for hydroxylation is 1. The first-order valence-corrected chi connectivity index (χ1v) is 7.33. The monoisotopic (exact) mass is 314 g/mol. The molecule has 18 heavy (non-hydrogen) atoms. The molecule has 0 aliphatic rings. The van der Waals surface area contributed by atoms with Crippen LogP contribution in [0, 0.1) is 6.92 Å². The Morgan fingerprint density at radius 2 is 2.28 bits per heavy atom. The van der Waals surface area contributed by atoms with Crippen LogP contribution >= 0.6 is 22.9 Å². The van der Waals surface area contributed by atoms with Crippen molar-refractivity contribution in [2.45, 2.75) is 17.2 Å². The molecule has 1 aromatic rings. The molecule has 0 saturated carbocycles. The van der Waals surface area contributed by atoms with Gasteiger partial charge in [-0.05, 0) is 6.92 Å². The number of esters is 1. The topological polar surface area (TPSA) is 106 Å². The summed E-state index contributed by atoms with van der Waals surface area (Å²) in [5.41, 5.74) is 0.221. The first-order chi connectivity index (χ1) is 8.31. The molecule has 1 unspecified atom stereocenters. The van der Waals surface area contributed by atoms with Crippen molar-refractivity contribution >= 4 is 38.9 Å². The van der Waals surface area contributed by atoms with E-state index in [1.807, 2.05) is 4.72 Å². The maximum Gasteiger partial charge on any atom is 0.326 e. The first-order valence-electron chi connectivity index (χ1n) is 4.65. The molecular formula is C8H11ClN2O5S2. The number of aliphatic hydroxyl groups excluding tert-OH is 1. The number of methoxy groups -OCH3 is 1. The zero-order chi connectivity index (χ0) is 13.9. The van der Waals surface area contributed by atoms with Crippen molar-refractivity contribution in [1.29, 1.82) is 0 Å². The molecule has 1 atom stereocenters. The predicted molar refractivity (Wildman–Crippen MR) is 65.1 cm³/mol. The van der Waals surface area contributed by atoms with Gasteiger partial charge in [-0.1, -0.05) is 22.9 Å². The fourth-order valence-electron chi connectivity index (χ4n) is 1.14. The van der Waals surface area contributed by atoms with E-state index in [4.69, 9.17) is 16.7 Å². The lowest BCUT2D eigenvalue weighted by Gasteiger charge is -2.13. The molecule has 1 rings (SSSR count). The van der Waals surface area contributed by atoms with E-state index in [1.165, 1.54) is 6.92 Å². The minimum Gasteiger partial charge on any atom is -0.468 e. The summed E-state index contributed by atoms with van der Waals surface area (Å²) >= 11 is 6.37. The van der Waals surface area contributed by atoms with E-state index >= 15 is 0 Å². The van der Waals surface area contributed by atoms with Gasteiger partial charge in [-0.2, -0.15) is 4.72 Å². The molecule has 0 saturated heterocycles. The van der Waals surface area contributed by atoms with Crippen LogP contribution in [0.2, 0.25) is 4.47 Å². The Kier molecular flexibility index (Phi) is 5.05. The van der Waals surface area contributed by atoms with Gasteiger partial charge in [0.15, 0.2) is 8.68 Å². The standard InChI is InChI=1S/C8H11ClN2O5S2/c1-4-7(17-8(9)10-4)18(14,15)11-5(3-12)6(13)16-2/h5,11-12H,3H2,1-2H3. The van der Waals surface area contributed by atoms with Crippen molar-refractivity contribution in [2.75, 3.05) is 13.7 Å². The highest BCUT2D eigenvalue weighted by Crippen LogP contribution is 2.26. The number of hydrogen-bond acceptors (Lipinski definition) is 7. The average molecular weight is 315 g/mol. The molecule has 102 valence electrons. The van der Waals surface area contributed by atoms with Gasteiger partial charge >= 0.3 is 5.97 Å². The van der Waals surface area contributed by atoms with Crippen molar-refractivity contribution in [2.24, 2.45) is 0 Å². The van der Waals surface area contributed by atoms with Crippen molar-refractivity contribution in [1.82, 2.24) is 9.71 Å². The number of thiazole rings is 1. The number of halogens is 1. The summed E-state index contributed by atoms with van der Waals surface area (Å²) in [7, 11) is -2.88. The number of aromatic nitrogens is 1. The first kappa shape index (κ1) is 15.3. The molecule has 2 N–H and O–H groups in total. The Morgan fingerprint density at radius 1 is 1.67 bits per heavy atom. The smallest absolute Gasteiger partial charge is 0.326 e. The molecule has 0 radical (unpaired) electrons. The fourth-order valence-corrected chi connectivity index (χ4v) is 4.07. The van der Waals surface area contributed by atoms with Crippen LogP contribution in [0.15, 0.2) is 4.21 Å². The summed E-state index contributed by atoms with van der Waals surface area (Å²) in [6, 6.07) is -1.36. The van der Waals surface area contributed by atoms with Gasteiger partial charge in [0.1, 0.15) is 6.04 Å². The van der Waals surface area contributed by atoms with Crippen LogP contribution in [-0.4, -0.2) is 44.2 Å². The molecule has 7 nitrogen and oxygen atoms in total. The van der Waals surface area contributed by atoms with Crippen LogP contribution in [0.1, 0.15) is 5.69 Å². The molecule has 0 amide bonds. The number of aliphatic hydroxyl groups is 1. The Labute approximate surface area is 113 Å². The van der Waals surface area contributed by atoms with Crippen molar-refractivity contribution in [3.05, 3.63) is 10.2 Å². The summed E-state index contributed by atoms with van der Waals surface area (Å²) in [6.45, 7) is 0.764. The Balaban J connectivity index is 3.01. The number of ether oxygens (including phenoxy) is 1. The van der Waals surface area contributed by atoms with Crippen LogP contribution in [0.5, 0.6) is 0 Å². The summed E-state index contributed by atoms with van der Waals surface area (Å²) < 4.78 is 30.2. The minimum atomic E-state index is -3.98. The zero-order valence-electron chi connectivity index (χ0n) is 9.51. The lowest BCUT2D eigenvalue weighted by atomic mass is 10.3. The lowest BCUT2D eigenvalue weighted by molar-refractivity contribution is -0.143. The van der Waals surface area contributed by atoms with E-state index in [2.05, 4.69) is 9.72 Å². The summed E-state index contributed by atoms with van der Waals surface area (Å²) in [4.78, 5) is 15.0. The van der Waals surface area contributed by atoms with Crippen molar-refractivity contribution in [3.63, 3.8) is 0 Å². The van der Waals surface area contributed by atoms with Crippen LogP contribution in [0.25, 0.3) is 0 Å². The highest BCUT2D eigenvalue weighted by molar-refractivity contribution is 7.91. The van der Waals surface area contributed by atoms with E-state index < -0.39 is 28.6 Å². The van der Waals surface area contributed by atoms with E-state index in [1.54, 1.807) is 0 Å². The second-order valence-corrected chi connectivity index (χ2v) is 6.71. The van der Waals surface area contributed by atoms with Gasteiger partial charge in [-0.25, -0.2) is 13.4 Å². The average Bonchev–Trinajstić information content (AvgIpc) is 2.65. The number of sulfonamides is 1. The van der Waals surface area contributed by atoms with Crippen LogP contribution < -0.4 is 4.72 Å². The number of nitrogens with zero attached hydrogens (tertiary/aromatic N) is 1. The van der Waals surface area contributed by atoms with Crippen molar-refractivity contribution < 1.29 is 23.1 Å². The van der Waals surface area contributed by atoms with E-state index in [0.717, 1.165) is 18.4 Å². The van der Waals surface area contributed by atoms with Gasteiger partial charge in [0.25, 0.3) is 10.0 Å². The quantitative estimate of drug-likeness (QED) is 0.736. The minimum absolute atomic E-state index is 0.0755. The van der Waals surface area contributed by atoms with Crippen LogP contribution in [0.3, 0.4) is 0 Å². The number of nitrogens with one attached hydrogen (secondary N) is 1. The van der Waals surface area contributed by atoms with Gasteiger partial charge in [-0.3, -0.25) is 4.79 Å². The molecule has 1 heterocycles. The number of rotatable bonds is 5. The molecule has 1 aromatic heterocycles. The maximum absolute atomic E-state index is 11.9. The number of carbonyl (C=O) groups is 1. The molecular weight excluding hydrogens is 304 g/mol. The molecule has 0 bridgehead atoms. The van der Waals surface area contributed by atoms with E-state index in [0.29, 0.717) is 0 Å². The highest BCUT2D eigenvalue weighted by atomic mass is 35.5. The Morgan fingerprint density at radius 3 is 2.67 bits per heavy atom. The largest absolute Gasteiger partial charge is 0.468 e. The van der Waals surface area contributed by atoms with E-state index in [9.17, 15) is 13.2 Å². The SMILES string of the molecule is COC(=O)C(CO)NS(=O)(=O)c1sc(Cl)nc1C. The molecule has 0 aliphatic carbocycles.